The second-order valence-corrected chi connectivity index (χ2v) is 18.4. The fraction of sp³-hybridized carbons (Fsp3) is 0.656. The van der Waals surface area contributed by atoms with Crippen LogP contribution in [0.5, 0.6) is 0 Å². The molecule has 0 radical (unpaired) electrons. The molecule has 0 amide bonds. The lowest BCUT2D eigenvalue weighted by molar-refractivity contribution is -0.187. The average Bonchev–Trinajstić information content (AvgIpc) is 3.13. The first kappa shape index (κ1) is 26.6. The third-order valence-corrected chi connectivity index (χ3v) is 16.2. The molecule has 3 saturated carbocycles. The van der Waals surface area contributed by atoms with Crippen LogP contribution in [0.25, 0.3) is 0 Å². The highest BCUT2D eigenvalue weighted by Gasteiger charge is 2.69. The number of ketones is 2. The van der Waals surface area contributed by atoms with Gasteiger partial charge in [-0.2, -0.15) is 0 Å². The normalized spacial score (nSPS) is 41.2. The number of hydrogen-bond acceptors (Lipinski definition) is 4. The summed E-state index contributed by atoms with van der Waals surface area (Å²) < 4.78 is 5.98. The molecule has 0 N–H and O–H groups in total. The molecule has 4 nitrogen and oxygen atoms in total. The summed E-state index contributed by atoms with van der Waals surface area (Å²) in [6.45, 7) is 15.0. The molecule has 0 spiro atoms. The van der Waals surface area contributed by atoms with E-state index >= 15 is 0 Å². The Morgan fingerprint density at radius 1 is 1.00 bits per heavy atom. The standard InChI is InChI=1S/C32H44O4Si/c1-20-17-25-26-14-16-32(21(2)33,36-22(3)34)30(26,4)15-13-27(25)31(5)28(20)18-23(35)19-29(31)37(6,7)24-11-9-8-10-12-24/h8-12,18,20,25-27,29H,13-17,19H2,1-7H3. The van der Waals surface area contributed by atoms with Gasteiger partial charge in [0.25, 0.3) is 0 Å². The molecule has 3 fully saturated rings. The van der Waals surface area contributed by atoms with Crippen LogP contribution in [-0.4, -0.2) is 31.2 Å². The van der Waals surface area contributed by atoms with Gasteiger partial charge >= 0.3 is 5.97 Å². The van der Waals surface area contributed by atoms with E-state index in [2.05, 4.69) is 64.2 Å². The van der Waals surface area contributed by atoms with E-state index in [1.54, 1.807) is 6.92 Å². The first-order valence-corrected chi connectivity index (χ1v) is 17.4. The Morgan fingerprint density at radius 2 is 1.65 bits per heavy atom. The Bertz CT molecular complexity index is 1150. The molecule has 8 atom stereocenters. The molecule has 0 heterocycles. The highest BCUT2D eigenvalue weighted by molar-refractivity contribution is 6.91. The van der Waals surface area contributed by atoms with Crippen molar-refractivity contribution in [1.29, 1.82) is 0 Å². The summed E-state index contributed by atoms with van der Waals surface area (Å²) in [6.07, 6.45) is 7.16. The van der Waals surface area contributed by atoms with Crippen LogP contribution in [0.1, 0.15) is 73.1 Å². The van der Waals surface area contributed by atoms with Crippen LogP contribution in [-0.2, 0) is 19.1 Å². The van der Waals surface area contributed by atoms with Crippen molar-refractivity contribution < 1.29 is 19.1 Å². The fourth-order valence-corrected chi connectivity index (χ4v) is 14.2. The van der Waals surface area contributed by atoms with Gasteiger partial charge in [-0.15, -0.1) is 0 Å². The molecule has 0 aliphatic heterocycles. The molecule has 200 valence electrons. The molecule has 4 aliphatic rings. The summed E-state index contributed by atoms with van der Waals surface area (Å²) in [5.41, 5.74) is 0.337. The van der Waals surface area contributed by atoms with Crippen molar-refractivity contribution in [1.82, 2.24) is 0 Å². The topological polar surface area (TPSA) is 60.4 Å². The number of allylic oxidation sites excluding steroid dienone is 1. The van der Waals surface area contributed by atoms with Gasteiger partial charge in [0, 0.05) is 18.8 Å². The van der Waals surface area contributed by atoms with Crippen LogP contribution in [0.4, 0.5) is 0 Å². The van der Waals surface area contributed by atoms with E-state index < -0.39 is 13.7 Å². The lowest BCUT2D eigenvalue weighted by Crippen LogP contribution is -2.62. The van der Waals surface area contributed by atoms with Gasteiger partial charge in [-0.3, -0.25) is 14.4 Å². The number of Topliss-reactive ketones (excluding diaryl/α,β-unsaturated/α-hetero) is 1. The van der Waals surface area contributed by atoms with Gasteiger partial charge in [0.15, 0.2) is 17.2 Å². The molecule has 1 aromatic carbocycles. The van der Waals surface area contributed by atoms with Crippen molar-refractivity contribution in [2.75, 3.05) is 0 Å². The van der Waals surface area contributed by atoms with Crippen molar-refractivity contribution in [2.24, 2.45) is 34.5 Å². The van der Waals surface area contributed by atoms with E-state index in [0.29, 0.717) is 47.8 Å². The first-order chi connectivity index (χ1) is 17.3. The zero-order valence-corrected chi connectivity index (χ0v) is 24.7. The zero-order chi connectivity index (χ0) is 27.0. The third-order valence-electron chi connectivity index (χ3n) is 11.8. The number of hydrogen-bond donors (Lipinski definition) is 0. The van der Waals surface area contributed by atoms with Gasteiger partial charge < -0.3 is 4.74 Å². The lowest BCUT2D eigenvalue weighted by Gasteiger charge is -2.64. The van der Waals surface area contributed by atoms with Crippen LogP contribution in [0, 0.1) is 34.5 Å². The van der Waals surface area contributed by atoms with Crippen molar-refractivity contribution >= 4 is 30.8 Å². The van der Waals surface area contributed by atoms with Gasteiger partial charge in [0.2, 0.25) is 0 Å². The minimum Gasteiger partial charge on any atom is -0.451 e. The fourth-order valence-electron chi connectivity index (χ4n) is 10.2. The van der Waals surface area contributed by atoms with Crippen molar-refractivity contribution in [2.45, 2.75) is 97.4 Å². The Labute approximate surface area is 223 Å². The van der Waals surface area contributed by atoms with E-state index in [1.807, 2.05) is 6.08 Å². The minimum atomic E-state index is -2.01. The van der Waals surface area contributed by atoms with Crippen LogP contribution in [0.3, 0.4) is 0 Å². The van der Waals surface area contributed by atoms with Crippen molar-refractivity contribution in [3.63, 3.8) is 0 Å². The quantitative estimate of drug-likeness (QED) is 0.348. The highest BCUT2D eigenvalue weighted by atomic mass is 28.3. The smallest absolute Gasteiger partial charge is 0.303 e. The monoisotopic (exact) mass is 520 g/mol. The second kappa shape index (κ2) is 8.76. The van der Waals surface area contributed by atoms with Crippen molar-refractivity contribution in [3.8, 4) is 0 Å². The Morgan fingerprint density at radius 3 is 2.27 bits per heavy atom. The van der Waals surface area contributed by atoms with Crippen LogP contribution < -0.4 is 5.19 Å². The lowest BCUT2D eigenvalue weighted by atomic mass is 9.44. The molecule has 1 aromatic rings. The second-order valence-electron chi connectivity index (χ2n) is 13.7. The summed E-state index contributed by atoms with van der Waals surface area (Å²) in [4.78, 5) is 38.6. The van der Waals surface area contributed by atoms with Gasteiger partial charge in [0.05, 0.1) is 8.07 Å². The van der Waals surface area contributed by atoms with E-state index in [4.69, 9.17) is 4.74 Å². The molecule has 0 saturated heterocycles. The number of carbonyl (C=O) groups is 3. The molecule has 4 aliphatic carbocycles. The molecule has 8 unspecified atom stereocenters. The molecule has 5 heteroatoms. The van der Waals surface area contributed by atoms with Crippen molar-refractivity contribution in [3.05, 3.63) is 42.0 Å². The van der Waals surface area contributed by atoms with E-state index in [-0.39, 0.29) is 22.6 Å². The van der Waals surface area contributed by atoms with Gasteiger partial charge in [0.1, 0.15) is 0 Å². The van der Waals surface area contributed by atoms with E-state index in [1.165, 1.54) is 17.7 Å². The number of esters is 1. The summed E-state index contributed by atoms with van der Waals surface area (Å²) in [6, 6.07) is 10.9. The first-order valence-electron chi connectivity index (χ1n) is 14.3. The Kier molecular flexibility index (Phi) is 6.29. The number of fused-ring (bicyclic) bond motifs is 5. The molecule has 0 aromatic heterocycles. The molecular weight excluding hydrogens is 476 g/mol. The largest absolute Gasteiger partial charge is 0.451 e. The number of rotatable bonds is 4. The summed E-state index contributed by atoms with van der Waals surface area (Å²) in [5, 5.41) is 1.43. The summed E-state index contributed by atoms with van der Waals surface area (Å²) in [7, 11) is -2.01. The average molecular weight is 521 g/mol. The number of ether oxygens (including phenoxy) is 1. The maximum Gasteiger partial charge on any atom is 0.303 e. The van der Waals surface area contributed by atoms with Crippen LogP contribution in [0.2, 0.25) is 18.6 Å². The molecule has 0 bridgehead atoms. The molecule has 37 heavy (non-hydrogen) atoms. The Hall–Kier alpha value is -2.01. The van der Waals surface area contributed by atoms with Crippen LogP contribution >= 0.6 is 0 Å². The predicted octanol–water partition coefficient (Wildman–Crippen LogP) is 6.25. The zero-order valence-electron chi connectivity index (χ0n) is 23.7. The summed E-state index contributed by atoms with van der Waals surface area (Å²) >= 11 is 0. The van der Waals surface area contributed by atoms with Crippen LogP contribution in [0.15, 0.2) is 42.0 Å². The third kappa shape index (κ3) is 3.62. The maximum absolute atomic E-state index is 13.2. The SMILES string of the molecule is CC(=O)OC1(C(C)=O)CCC2C3CC(C)C4=CC(=O)CC([Si](C)(C)c5ccccc5)C4(C)C3CCC21C. The van der Waals surface area contributed by atoms with Gasteiger partial charge in [-0.05, 0) is 79.7 Å². The van der Waals surface area contributed by atoms with E-state index in [9.17, 15) is 14.4 Å². The number of carbonyl (C=O) groups excluding carboxylic acids is 3. The predicted molar refractivity (Wildman–Crippen MR) is 149 cm³/mol. The van der Waals surface area contributed by atoms with Gasteiger partial charge in [-0.1, -0.05) is 75.0 Å². The van der Waals surface area contributed by atoms with Gasteiger partial charge in [-0.25, -0.2) is 0 Å². The minimum absolute atomic E-state index is 0.000521. The Balaban J connectivity index is 1.60. The number of benzene rings is 1. The summed E-state index contributed by atoms with van der Waals surface area (Å²) in [5.74, 6) is 1.56. The molecule has 5 rings (SSSR count). The van der Waals surface area contributed by atoms with E-state index in [0.717, 1.165) is 25.7 Å². The molecular formula is C32H44O4Si. The maximum atomic E-state index is 13.2. The highest BCUT2D eigenvalue weighted by Crippen LogP contribution is 2.71.